The molecule has 1 aromatic heterocycles. The highest BCUT2D eigenvalue weighted by Crippen LogP contribution is 2.43. The van der Waals surface area contributed by atoms with E-state index in [9.17, 15) is 14.7 Å². The van der Waals surface area contributed by atoms with E-state index in [1.54, 1.807) is 11.3 Å². The third-order valence-electron chi connectivity index (χ3n) is 6.33. The van der Waals surface area contributed by atoms with Gasteiger partial charge in [0.15, 0.2) is 0 Å². The maximum absolute atomic E-state index is 13.0. The van der Waals surface area contributed by atoms with E-state index in [1.807, 2.05) is 22.4 Å². The molecule has 2 unspecified atom stereocenters. The summed E-state index contributed by atoms with van der Waals surface area (Å²) in [5, 5.41) is 15.9. The Labute approximate surface area is 167 Å². The minimum Gasteiger partial charge on any atom is -0.387 e. The van der Waals surface area contributed by atoms with E-state index in [4.69, 9.17) is 4.99 Å². The number of aliphatic hydroxyl groups is 1. The summed E-state index contributed by atoms with van der Waals surface area (Å²) in [5.41, 5.74) is 1.84. The third kappa shape index (κ3) is 2.68. The van der Waals surface area contributed by atoms with E-state index in [2.05, 4.69) is 17.4 Å². The average Bonchev–Trinajstić information content (AvgIpc) is 3.30. The van der Waals surface area contributed by atoms with Crippen molar-refractivity contribution in [3.8, 4) is 0 Å². The first-order valence-electron chi connectivity index (χ1n) is 9.91. The molecule has 3 aliphatic rings. The molecule has 1 saturated carbocycles. The largest absolute Gasteiger partial charge is 0.387 e. The lowest BCUT2D eigenvalue weighted by molar-refractivity contribution is -0.142. The number of fused-ring (bicyclic) bond motifs is 3. The van der Waals surface area contributed by atoms with Crippen LogP contribution in [0.3, 0.4) is 0 Å². The molecule has 1 aromatic carbocycles. The number of carbonyl (C=O) groups excluding carboxylic acids is 2. The molecular weight excluding hydrogens is 374 g/mol. The van der Waals surface area contributed by atoms with Crippen LogP contribution < -0.4 is 5.32 Å². The maximum Gasteiger partial charge on any atom is 0.249 e. The summed E-state index contributed by atoms with van der Waals surface area (Å²) in [6.45, 7) is -0.103. The SMILES string of the molecule is O=C1NCC2=N[C@@H]3CCCCC3N(C(=O)CO)[C@H](c3cccc4ccsc34)C12. The molecule has 2 fully saturated rings. The number of nitrogens with one attached hydrogen (secondary N) is 1. The predicted molar refractivity (Wildman–Crippen MR) is 108 cm³/mol. The number of carbonyl (C=O) groups is 2. The van der Waals surface area contributed by atoms with E-state index < -0.39 is 18.6 Å². The van der Waals surface area contributed by atoms with Gasteiger partial charge in [0.05, 0.1) is 24.7 Å². The number of hydrogen-bond donors (Lipinski definition) is 2. The molecule has 7 heteroatoms. The van der Waals surface area contributed by atoms with Crippen molar-refractivity contribution in [3.63, 3.8) is 0 Å². The maximum atomic E-state index is 13.0. The van der Waals surface area contributed by atoms with Crippen LogP contribution in [-0.2, 0) is 9.59 Å². The molecule has 2 amide bonds. The lowest BCUT2D eigenvalue weighted by Crippen LogP contribution is -2.51. The van der Waals surface area contributed by atoms with Gasteiger partial charge in [0.1, 0.15) is 12.5 Å². The highest BCUT2D eigenvalue weighted by atomic mass is 32.1. The first-order chi connectivity index (χ1) is 13.7. The molecule has 2 aliphatic heterocycles. The van der Waals surface area contributed by atoms with Crippen molar-refractivity contribution in [2.45, 2.75) is 43.8 Å². The van der Waals surface area contributed by atoms with Crippen molar-refractivity contribution >= 4 is 38.9 Å². The summed E-state index contributed by atoms with van der Waals surface area (Å²) in [6, 6.07) is 7.62. The van der Waals surface area contributed by atoms with Gasteiger partial charge in [0.25, 0.3) is 0 Å². The van der Waals surface area contributed by atoms with Gasteiger partial charge in [0, 0.05) is 10.4 Å². The smallest absolute Gasteiger partial charge is 0.249 e. The number of hydrogen-bond acceptors (Lipinski definition) is 5. The van der Waals surface area contributed by atoms with E-state index in [0.29, 0.717) is 6.54 Å². The van der Waals surface area contributed by atoms with Gasteiger partial charge in [-0.25, -0.2) is 0 Å². The zero-order chi connectivity index (χ0) is 19.3. The second-order valence-electron chi connectivity index (χ2n) is 7.83. The summed E-state index contributed by atoms with van der Waals surface area (Å²) in [4.78, 5) is 32.7. The standard InChI is InChI=1S/C21H23N3O3S/c25-11-17(26)24-16-7-2-1-6-14(16)23-15-10-22-21(27)18(15)19(24)13-5-3-4-12-8-9-28-20(12)13/h3-5,8-9,14,16,18-19,25H,1-2,6-7,10-11H2,(H,22,27)/t14-,16?,18?,19-/m1/s1. The summed E-state index contributed by atoms with van der Waals surface area (Å²) >= 11 is 1.63. The molecule has 6 nitrogen and oxygen atoms in total. The van der Waals surface area contributed by atoms with Crippen LogP contribution in [0.4, 0.5) is 0 Å². The molecule has 5 rings (SSSR count). The first kappa shape index (κ1) is 17.8. The fourth-order valence-corrected chi connectivity index (χ4v) is 6.10. The van der Waals surface area contributed by atoms with Crippen LogP contribution in [0.15, 0.2) is 34.6 Å². The Morgan fingerprint density at radius 1 is 1.29 bits per heavy atom. The fourth-order valence-electron chi connectivity index (χ4n) is 5.15. The van der Waals surface area contributed by atoms with Crippen molar-refractivity contribution in [3.05, 3.63) is 35.2 Å². The van der Waals surface area contributed by atoms with Crippen molar-refractivity contribution in [2.75, 3.05) is 13.2 Å². The highest BCUT2D eigenvalue weighted by Gasteiger charge is 2.49. The van der Waals surface area contributed by atoms with Crippen LogP contribution in [-0.4, -0.2) is 52.8 Å². The van der Waals surface area contributed by atoms with Crippen LogP contribution >= 0.6 is 11.3 Å². The van der Waals surface area contributed by atoms with Gasteiger partial charge in [0.2, 0.25) is 11.8 Å². The van der Waals surface area contributed by atoms with Gasteiger partial charge in [-0.15, -0.1) is 11.3 Å². The van der Waals surface area contributed by atoms with Gasteiger partial charge in [-0.1, -0.05) is 31.0 Å². The number of aliphatic imine (C=N–C) groups is 1. The minimum absolute atomic E-state index is 0.00184. The van der Waals surface area contributed by atoms with Gasteiger partial charge < -0.3 is 15.3 Å². The van der Waals surface area contributed by atoms with Crippen molar-refractivity contribution < 1.29 is 14.7 Å². The van der Waals surface area contributed by atoms with Crippen LogP contribution in [0.2, 0.25) is 0 Å². The van der Waals surface area contributed by atoms with E-state index in [1.165, 1.54) is 0 Å². The Morgan fingerprint density at radius 3 is 3.00 bits per heavy atom. The summed E-state index contributed by atoms with van der Waals surface area (Å²) in [6.07, 6.45) is 3.89. The Bertz CT molecular complexity index is 969. The molecule has 146 valence electrons. The zero-order valence-electron chi connectivity index (χ0n) is 15.5. The van der Waals surface area contributed by atoms with Gasteiger partial charge in [-0.3, -0.25) is 14.6 Å². The van der Waals surface area contributed by atoms with Crippen molar-refractivity contribution in [1.29, 1.82) is 0 Å². The normalized spacial score (nSPS) is 29.7. The lowest BCUT2D eigenvalue weighted by Gasteiger charge is -2.42. The number of aliphatic hydroxyl groups excluding tert-OH is 1. The second-order valence-corrected chi connectivity index (χ2v) is 8.74. The Balaban J connectivity index is 1.74. The van der Waals surface area contributed by atoms with E-state index in [-0.39, 0.29) is 23.9 Å². The molecule has 28 heavy (non-hydrogen) atoms. The lowest BCUT2D eigenvalue weighted by atomic mass is 9.85. The fraction of sp³-hybridized carbons (Fsp3) is 0.476. The number of rotatable bonds is 2. The molecule has 1 saturated heterocycles. The molecule has 3 heterocycles. The zero-order valence-corrected chi connectivity index (χ0v) is 16.3. The highest BCUT2D eigenvalue weighted by molar-refractivity contribution is 7.17. The Hall–Kier alpha value is -2.25. The van der Waals surface area contributed by atoms with Crippen molar-refractivity contribution in [2.24, 2.45) is 10.9 Å². The number of thiophene rings is 1. The molecule has 1 aliphatic carbocycles. The molecular formula is C21H23N3O3S. The van der Waals surface area contributed by atoms with Crippen LogP contribution in [0.5, 0.6) is 0 Å². The third-order valence-corrected chi connectivity index (χ3v) is 7.31. The molecule has 2 aromatic rings. The summed E-state index contributed by atoms with van der Waals surface area (Å²) < 4.78 is 1.09. The summed E-state index contributed by atoms with van der Waals surface area (Å²) in [7, 11) is 0. The number of benzene rings is 1. The van der Waals surface area contributed by atoms with Crippen LogP contribution in [0.1, 0.15) is 37.3 Å². The van der Waals surface area contributed by atoms with E-state index >= 15 is 0 Å². The van der Waals surface area contributed by atoms with Gasteiger partial charge >= 0.3 is 0 Å². The summed E-state index contributed by atoms with van der Waals surface area (Å²) in [5.74, 6) is -0.882. The Morgan fingerprint density at radius 2 is 2.14 bits per heavy atom. The van der Waals surface area contributed by atoms with Gasteiger partial charge in [-0.2, -0.15) is 0 Å². The quantitative estimate of drug-likeness (QED) is 0.816. The van der Waals surface area contributed by atoms with Crippen LogP contribution in [0, 0.1) is 5.92 Å². The number of nitrogens with zero attached hydrogens (tertiary/aromatic N) is 2. The predicted octanol–water partition coefficient (Wildman–Crippen LogP) is 2.28. The topological polar surface area (TPSA) is 82.0 Å². The Kier molecular flexibility index (Phi) is 4.44. The molecule has 0 spiro atoms. The molecule has 0 radical (unpaired) electrons. The first-order valence-corrected chi connectivity index (χ1v) is 10.8. The average molecular weight is 398 g/mol. The van der Waals surface area contributed by atoms with E-state index in [0.717, 1.165) is 47.0 Å². The van der Waals surface area contributed by atoms with Crippen LogP contribution in [0.25, 0.3) is 10.1 Å². The molecule has 2 N–H and O–H groups in total. The monoisotopic (exact) mass is 397 g/mol. The molecule has 4 atom stereocenters. The molecule has 0 bridgehead atoms. The minimum atomic E-state index is -0.552. The second kappa shape index (κ2) is 6.97. The van der Waals surface area contributed by atoms with Gasteiger partial charge in [-0.05, 0) is 35.2 Å². The number of amides is 2. The van der Waals surface area contributed by atoms with Crippen molar-refractivity contribution in [1.82, 2.24) is 10.2 Å².